The van der Waals surface area contributed by atoms with Crippen molar-refractivity contribution in [1.29, 1.82) is 0 Å². The van der Waals surface area contributed by atoms with Crippen LogP contribution in [0.3, 0.4) is 0 Å². The van der Waals surface area contributed by atoms with E-state index in [4.69, 9.17) is 0 Å². The Bertz CT molecular complexity index is 513. The fourth-order valence-corrected chi connectivity index (χ4v) is 2.83. The van der Waals surface area contributed by atoms with E-state index < -0.39 is 4.92 Å². The Labute approximate surface area is 143 Å². The van der Waals surface area contributed by atoms with Gasteiger partial charge in [-0.3, -0.25) is 15.1 Å². The Balaban J connectivity index is 0.000000593. The average Bonchev–Trinajstić information content (AvgIpc) is 2.94. The summed E-state index contributed by atoms with van der Waals surface area (Å²) in [6.07, 6.45) is 3.74. The fourth-order valence-electron chi connectivity index (χ4n) is 1.97. The smallest absolute Gasteiger partial charge is 0.269 e. The Morgan fingerprint density at radius 1 is 1.30 bits per heavy atom. The van der Waals surface area contributed by atoms with E-state index in [0.717, 1.165) is 23.0 Å². The highest BCUT2D eigenvalue weighted by molar-refractivity contribution is 8.13. The molecule has 0 saturated carbocycles. The van der Waals surface area contributed by atoms with Crippen molar-refractivity contribution >= 4 is 22.6 Å². The predicted octanol–water partition coefficient (Wildman–Crippen LogP) is 4.87. The summed E-state index contributed by atoms with van der Waals surface area (Å²) in [6, 6.07) is 6.96. The molecule has 1 unspecified atom stereocenters. The first-order valence-electron chi connectivity index (χ1n) is 8.19. The Morgan fingerprint density at radius 3 is 2.39 bits per heavy atom. The number of nitrogens with zero attached hydrogens (tertiary/aromatic N) is 2. The number of unbranched alkanes of at least 4 members (excludes halogenated alkanes) is 1. The Hall–Kier alpha value is -1.56. The molecule has 1 aliphatic heterocycles. The van der Waals surface area contributed by atoms with Crippen LogP contribution in [0.15, 0.2) is 34.2 Å². The quantitative estimate of drug-likeness (QED) is 0.615. The van der Waals surface area contributed by atoms with Crippen molar-refractivity contribution in [2.75, 3.05) is 6.54 Å². The van der Waals surface area contributed by atoms with Gasteiger partial charge in [-0.1, -0.05) is 52.3 Å². The van der Waals surface area contributed by atoms with Gasteiger partial charge in [0.05, 0.1) is 11.5 Å². The van der Waals surface area contributed by atoms with Gasteiger partial charge in [0.1, 0.15) is 0 Å². The summed E-state index contributed by atoms with van der Waals surface area (Å²) < 4.78 is 0. The Morgan fingerprint density at radius 2 is 1.91 bits per heavy atom. The number of aliphatic imine (C=N–C) groups is 1. The van der Waals surface area contributed by atoms with E-state index in [1.807, 2.05) is 0 Å². The van der Waals surface area contributed by atoms with Crippen LogP contribution in [0.5, 0.6) is 0 Å². The van der Waals surface area contributed by atoms with Crippen molar-refractivity contribution in [2.24, 2.45) is 10.9 Å². The van der Waals surface area contributed by atoms with Gasteiger partial charge < -0.3 is 5.32 Å². The lowest BCUT2D eigenvalue weighted by atomic mass is 10.1. The number of thioether (sulfide) groups is 1. The maximum Gasteiger partial charge on any atom is 0.269 e. The molecule has 0 spiro atoms. The molecule has 0 aromatic heterocycles. The van der Waals surface area contributed by atoms with E-state index in [-0.39, 0.29) is 5.69 Å². The van der Waals surface area contributed by atoms with Gasteiger partial charge in [-0.25, -0.2) is 0 Å². The summed E-state index contributed by atoms with van der Waals surface area (Å²) in [4.78, 5) is 15.6. The van der Waals surface area contributed by atoms with Gasteiger partial charge in [0.15, 0.2) is 5.17 Å². The summed E-state index contributed by atoms with van der Waals surface area (Å²) in [7, 11) is 0. The van der Waals surface area contributed by atoms with Crippen LogP contribution in [-0.2, 0) is 0 Å². The van der Waals surface area contributed by atoms with Crippen molar-refractivity contribution < 1.29 is 4.92 Å². The van der Waals surface area contributed by atoms with Gasteiger partial charge in [0.2, 0.25) is 0 Å². The number of rotatable bonds is 5. The maximum atomic E-state index is 10.6. The first-order valence-corrected chi connectivity index (χ1v) is 9.01. The number of nitrogens with one attached hydrogen (secondary N) is 1. The van der Waals surface area contributed by atoms with Crippen molar-refractivity contribution in [3.8, 4) is 0 Å². The minimum Gasteiger partial charge on any atom is -0.360 e. The molecule has 0 bridgehead atoms. The fraction of sp³-hybridized carbons (Fsp3) is 0.588. The van der Waals surface area contributed by atoms with Crippen molar-refractivity contribution in [2.45, 2.75) is 57.9 Å². The second-order valence-electron chi connectivity index (χ2n) is 5.97. The number of benzene rings is 1. The molecule has 2 rings (SSSR count). The van der Waals surface area contributed by atoms with E-state index in [2.05, 4.69) is 38.0 Å². The van der Waals surface area contributed by atoms with Gasteiger partial charge in [-0.15, -0.1) is 0 Å². The number of nitro benzene ring substituents is 1. The van der Waals surface area contributed by atoms with Gasteiger partial charge >= 0.3 is 0 Å². The van der Waals surface area contributed by atoms with Gasteiger partial charge in [0, 0.05) is 23.1 Å². The summed E-state index contributed by atoms with van der Waals surface area (Å²) in [6.45, 7) is 9.57. The lowest BCUT2D eigenvalue weighted by Crippen LogP contribution is -2.29. The molecule has 1 N–H and O–H groups in total. The normalized spacial score (nSPS) is 16.4. The summed E-state index contributed by atoms with van der Waals surface area (Å²) in [5.41, 5.74) is 0.114. The number of hydrogen-bond acceptors (Lipinski definition) is 5. The number of hydrogen-bond donors (Lipinski definition) is 1. The van der Waals surface area contributed by atoms with Gasteiger partial charge in [-0.05, 0) is 24.5 Å². The molecule has 23 heavy (non-hydrogen) atoms. The molecule has 0 amide bonds. The van der Waals surface area contributed by atoms with E-state index in [1.54, 1.807) is 12.1 Å². The molecule has 1 atom stereocenters. The molecular formula is C17H27N3O2S. The molecule has 1 aliphatic rings. The van der Waals surface area contributed by atoms with Gasteiger partial charge in [0.25, 0.3) is 5.69 Å². The zero-order chi connectivity index (χ0) is 17.2. The largest absolute Gasteiger partial charge is 0.360 e. The third kappa shape index (κ3) is 7.50. The van der Waals surface area contributed by atoms with Crippen LogP contribution in [0, 0.1) is 16.0 Å². The molecule has 128 valence electrons. The minimum absolute atomic E-state index is 0.114. The van der Waals surface area contributed by atoms with Crippen LogP contribution >= 0.6 is 11.8 Å². The molecule has 6 heteroatoms. The van der Waals surface area contributed by atoms with Crippen molar-refractivity contribution in [1.82, 2.24) is 5.32 Å². The summed E-state index contributed by atoms with van der Waals surface area (Å²) >= 11 is 1.52. The second kappa shape index (κ2) is 10.3. The van der Waals surface area contributed by atoms with E-state index in [0.29, 0.717) is 12.0 Å². The number of non-ortho nitro benzene ring substituents is 1. The molecule has 1 aromatic carbocycles. The second-order valence-corrected chi connectivity index (χ2v) is 7.03. The Kier molecular flexibility index (Phi) is 8.69. The topological polar surface area (TPSA) is 67.5 Å². The third-order valence-corrected chi connectivity index (χ3v) is 4.25. The molecule has 0 saturated heterocycles. The van der Waals surface area contributed by atoms with Crippen LogP contribution in [0.1, 0.15) is 47.0 Å². The monoisotopic (exact) mass is 337 g/mol. The highest BCUT2D eigenvalue weighted by Crippen LogP contribution is 2.24. The lowest BCUT2D eigenvalue weighted by Gasteiger charge is -2.13. The molecular weight excluding hydrogens is 310 g/mol. The third-order valence-electron chi connectivity index (χ3n) is 3.30. The van der Waals surface area contributed by atoms with E-state index in [9.17, 15) is 10.1 Å². The maximum absolute atomic E-state index is 10.6. The van der Waals surface area contributed by atoms with Crippen LogP contribution < -0.4 is 5.32 Å². The van der Waals surface area contributed by atoms with E-state index in [1.165, 1.54) is 36.7 Å². The molecule has 1 heterocycles. The number of nitro groups is 1. The molecule has 0 fully saturated rings. The number of amidine groups is 1. The highest BCUT2D eigenvalue weighted by Gasteiger charge is 2.19. The molecule has 1 aromatic rings. The van der Waals surface area contributed by atoms with Gasteiger partial charge in [-0.2, -0.15) is 0 Å². The first kappa shape index (κ1) is 19.5. The van der Waals surface area contributed by atoms with Crippen LogP contribution in [0.2, 0.25) is 0 Å². The van der Waals surface area contributed by atoms with E-state index >= 15 is 0 Å². The minimum atomic E-state index is -0.390. The SMILES string of the molecule is CC(C)CC1CN=C(Sc2ccc([N+](=O)[O-])cc2)N1.CCCC. The highest BCUT2D eigenvalue weighted by atomic mass is 32.2. The average molecular weight is 337 g/mol. The van der Waals surface area contributed by atoms with Crippen molar-refractivity contribution in [3.63, 3.8) is 0 Å². The zero-order valence-electron chi connectivity index (χ0n) is 14.4. The predicted molar refractivity (Wildman–Crippen MR) is 98.2 cm³/mol. The lowest BCUT2D eigenvalue weighted by molar-refractivity contribution is -0.384. The molecule has 0 aliphatic carbocycles. The molecule has 0 radical (unpaired) electrons. The standard InChI is InChI=1S/C13H17N3O2S.C4H10/c1-9(2)7-10-8-14-13(15-10)19-12-5-3-11(4-6-12)16(17)18;1-3-4-2/h3-6,9-10H,7-8H2,1-2H3,(H,14,15);3-4H2,1-2H3. The van der Waals surface area contributed by atoms with Crippen LogP contribution in [-0.4, -0.2) is 22.7 Å². The zero-order valence-corrected chi connectivity index (χ0v) is 15.2. The van der Waals surface area contributed by atoms with Crippen LogP contribution in [0.25, 0.3) is 0 Å². The van der Waals surface area contributed by atoms with Crippen molar-refractivity contribution in [3.05, 3.63) is 34.4 Å². The summed E-state index contributed by atoms with van der Waals surface area (Å²) in [5.74, 6) is 0.649. The molecule has 5 nitrogen and oxygen atoms in total. The van der Waals surface area contributed by atoms with Crippen LogP contribution in [0.4, 0.5) is 5.69 Å². The first-order chi connectivity index (χ1) is 11.0. The summed E-state index contributed by atoms with van der Waals surface area (Å²) in [5, 5.41) is 14.9.